The molecule has 0 bridgehead atoms. The fraction of sp³-hybridized carbons (Fsp3) is 0.636. The molecule has 0 heterocycles. The standard InChI is InChI=1S/C11H22O2Si/c1-9(11(2,3)4)8-10(12-5)13-14(6)7/h8,14H,1H2,2-7H3. The van der Waals surface area contributed by atoms with E-state index in [4.69, 9.17) is 9.16 Å². The molecule has 0 aromatic rings. The summed E-state index contributed by atoms with van der Waals surface area (Å²) >= 11 is 0. The summed E-state index contributed by atoms with van der Waals surface area (Å²) in [6.07, 6.45) is 1.88. The van der Waals surface area contributed by atoms with Gasteiger partial charge in [0.2, 0.25) is 9.04 Å². The Kier molecular flexibility index (Phi) is 4.98. The molecule has 0 radical (unpaired) electrons. The lowest BCUT2D eigenvalue weighted by molar-refractivity contribution is 0.151. The van der Waals surface area contributed by atoms with Crippen molar-refractivity contribution in [2.24, 2.45) is 5.41 Å². The molecule has 82 valence electrons. The average Bonchev–Trinajstić information content (AvgIpc) is 2.00. The van der Waals surface area contributed by atoms with Crippen LogP contribution in [0.1, 0.15) is 20.8 Å². The monoisotopic (exact) mass is 214 g/mol. The summed E-state index contributed by atoms with van der Waals surface area (Å²) in [5, 5.41) is 0. The maximum atomic E-state index is 5.58. The first-order chi connectivity index (χ1) is 6.27. The van der Waals surface area contributed by atoms with Crippen LogP contribution in [0.5, 0.6) is 0 Å². The van der Waals surface area contributed by atoms with Crippen molar-refractivity contribution in [3.8, 4) is 0 Å². The molecule has 0 aromatic carbocycles. The Labute approximate surface area is 89.3 Å². The molecule has 0 amide bonds. The summed E-state index contributed by atoms with van der Waals surface area (Å²) < 4.78 is 10.7. The summed E-state index contributed by atoms with van der Waals surface area (Å²) in [5.74, 6) is 0.589. The highest BCUT2D eigenvalue weighted by molar-refractivity contribution is 6.48. The molecule has 0 aromatic heterocycles. The Hall–Kier alpha value is -0.703. The number of ether oxygens (including phenoxy) is 1. The van der Waals surface area contributed by atoms with Crippen LogP contribution in [0.15, 0.2) is 24.2 Å². The Bertz CT molecular complexity index is 224. The van der Waals surface area contributed by atoms with Crippen LogP contribution in [0, 0.1) is 5.41 Å². The number of hydrogen-bond acceptors (Lipinski definition) is 2. The third kappa shape index (κ3) is 5.12. The highest BCUT2D eigenvalue weighted by atomic mass is 28.3. The molecule has 0 unspecified atom stereocenters. The Morgan fingerprint density at radius 1 is 1.29 bits per heavy atom. The lowest BCUT2D eigenvalue weighted by atomic mass is 9.88. The zero-order chi connectivity index (χ0) is 11.4. The summed E-state index contributed by atoms with van der Waals surface area (Å²) in [6, 6.07) is 0. The number of allylic oxidation sites excluding steroid dienone is 2. The Morgan fingerprint density at radius 2 is 1.79 bits per heavy atom. The van der Waals surface area contributed by atoms with E-state index in [0.717, 1.165) is 5.57 Å². The summed E-state index contributed by atoms with van der Waals surface area (Å²) in [6.45, 7) is 14.6. The second-order valence-electron chi connectivity index (χ2n) is 4.61. The molecule has 0 rings (SSSR count). The maximum Gasteiger partial charge on any atom is 0.265 e. The zero-order valence-corrected chi connectivity index (χ0v) is 11.3. The fourth-order valence-electron chi connectivity index (χ4n) is 0.732. The van der Waals surface area contributed by atoms with E-state index in [9.17, 15) is 0 Å². The fourth-order valence-corrected chi connectivity index (χ4v) is 1.36. The molecule has 3 heteroatoms. The number of methoxy groups -OCH3 is 1. The second kappa shape index (κ2) is 5.25. The van der Waals surface area contributed by atoms with Gasteiger partial charge < -0.3 is 9.16 Å². The van der Waals surface area contributed by atoms with Crippen LogP contribution >= 0.6 is 0 Å². The molecule has 0 saturated carbocycles. The van der Waals surface area contributed by atoms with Gasteiger partial charge in [0.25, 0.3) is 5.95 Å². The molecular weight excluding hydrogens is 192 g/mol. The molecule has 0 spiro atoms. The van der Waals surface area contributed by atoms with Gasteiger partial charge in [-0.1, -0.05) is 27.4 Å². The van der Waals surface area contributed by atoms with Crippen LogP contribution in [0.2, 0.25) is 13.1 Å². The van der Waals surface area contributed by atoms with Crippen LogP contribution in [0.4, 0.5) is 0 Å². The summed E-state index contributed by atoms with van der Waals surface area (Å²) in [7, 11) is 0.530. The van der Waals surface area contributed by atoms with Gasteiger partial charge in [0.05, 0.1) is 7.11 Å². The van der Waals surface area contributed by atoms with Gasteiger partial charge in [0, 0.05) is 6.08 Å². The van der Waals surface area contributed by atoms with E-state index in [1.807, 2.05) is 6.08 Å². The number of rotatable bonds is 4. The van der Waals surface area contributed by atoms with Gasteiger partial charge in [0.15, 0.2) is 0 Å². The predicted octanol–water partition coefficient (Wildman–Crippen LogP) is 3.08. The van der Waals surface area contributed by atoms with Crippen LogP contribution in [-0.2, 0) is 9.16 Å². The quantitative estimate of drug-likeness (QED) is 0.407. The molecule has 0 aliphatic carbocycles. The van der Waals surface area contributed by atoms with E-state index in [1.54, 1.807) is 7.11 Å². The van der Waals surface area contributed by atoms with Crippen LogP contribution < -0.4 is 0 Å². The molecule has 0 aliphatic rings. The largest absolute Gasteiger partial charge is 0.522 e. The molecule has 14 heavy (non-hydrogen) atoms. The van der Waals surface area contributed by atoms with Crippen molar-refractivity contribution < 1.29 is 9.16 Å². The van der Waals surface area contributed by atoms with Crippen molar-refractivity contribution in [3.05, 3.63) is 24.2 Å². The van der Waals surface area contributed by atoms with E-state index in [2.05, 4.69) is 40.4 Å². The van der Waals surface area contributed by atoms with Gasteiger partial charge in [-0.05, 0) is 24.1 Å². The van der Waals surface area contributed by atoms with Crippen LogP contribution in [0.3, 0.4) is 0 Å². The normalized spacial score (nSPS) is 12.9. The van der Waals surface area contributed by atoms with Crippen molar-refractivity contribution in [2.45, 2.75) is 33.9 Å². The summed E-state index contributed by atoms with van der Waals surface area (Å²) in [4.78, 5) is 0. The van der Waals surface area contributed by atoms with Crippen molar-refractivity contribution in [2.75, 3.05) is 7.11 Å². The Morgan fingerprint density at radius 3 is 2.07 bits per heavy atom. The van der Waals surface area contributed by atoms with Crippen molar-refractivity contribution in [1.29, 1.82) is 0 Å². The van der Waals surface area contributed by atoms with Gasteiger partial charge >= 0.3 is 0 Å². The van der Waals surface area contributed by atoms with Crippen LogP contribution in [0.25, 0.3) is 0 Å². The van der Waals surface area contributed by atoms with E-state index in [1.165, 1.54) is 0 Å². The smallest absolute Gasteiger partial charge is 0.265 e. The first-order valence-corrected chi connectivity index (χ1v) is 7.67. The SMILES string of the molecule is C=C(C=C(OC)O[SiH](C)C)C(C)(C)C. The second-order valence-corrected chi connectivity index (χ2v) is 6.94. The van der Waals surface area contributed by atoms with Gasteiger partial charge in [-0.25, -0.2) is 0 Å². The minimum atomic E-state index is -1.09. The van der Waals surface area contributed by atoms with E-state index in [-0.39, 0.29) is 5.41 Å². The predicted molar refractivity (Wildman–Crippen MR) is 63.6 cm³/mol. The molecule has 0 N–H and O–H groups in total. The first-order valence-electron chi connectivity index (χ1n) is 4.89. The lowest BCUT2D eigenvalue weighted by Crippen LogP contribution is -2.11. The lowest BCUT2D eigenvalue weighted by Gasteiger charge is -2.20. The van der Waals surface area contributed by atoms with Crippen molar-refractivity contribution in [3.63, 3.8) is 0 Å². The minimum Gasteiger partial charge on any atom is -0.522 e. The maximum absolute atomic E-state index is 5.58. The van der Waals surface area contributed by atoms with Gasteiger partial charge in [-0.2, -0.15) is 0 Å². The van der Waals surface area contributed by atoms with Gasteiger partial charge in [0.1, 0.15) is 0 Å². The Balaban J connectivity index is 4.52. The molecular formula is C11H22O2Si. The molecule has 0 atom stereocenters. The summed E-state index contributed by atoms with van der Waals surface area (Å²) in [5.41, 5.74) is 1.08. The highest BCUT2D eigenvalue weighted by Crippen LogP contribution is 2.25. The third-order valence-electron chi connectivity index (χ3n) is 1.81. The molecule has 0 fully saturated rings. The number of hydrogen-bond donors (Lipinski definition) is 0. The average molecular weight is 214 g/mol. The third-order valence-corrected chi connectivity index (χ3v) is 2.51. The zero-order valence-electron chi connectivity index (χ0n) is 10.2. The van der Waals surface area contributed by atoms with Crippen molar-refractivity contribution >= 4 is 9.04 Å². The molecule has 0 saturated heterocycles. The minimum absolute atomic E-state index is 0.0612. The molecule has 2 nitrogen and oxygen atoms in total. The first kappa shape index (κ1) is 13.3. The van der Waals surface area contributed by atoms with E-state index in [0.29, 0.717) is 5.95 Å². The topological polar surface area (TPSA) is 18.5 Å². The van der Waals surface area contributed by atoms with Gasteiger partial charge in [-0.3, -0.25) is 0 Å². The highest BCUT2D eigenvalue weighted by Gasteiger charge is 2.14. The van der Waals surface area contributed by atoms with Crippen molar-refractivity contribution in [1.82, 2.24) is 0 Å². The van der Waals surface area contributed by atoms with Gasteiger partial charge in [-0.15, -0.1) is 0 Å². The van der Waals surface area contributed by atoms with E-state index < -0.39 is 9.04 Å². The molecule has 0 aliphatic heterocycles. The van der Waals surface area contributed by atoms with E-state index >= 15 is 0 Å². The van der Waals surface area contributed by atoms with Crippen LogP contribution in [-0.4, -0.2) is 16.2 Å².